The number of epoxide rings is 1. The maximum absolute atomic E-state index is 5.11. The minimum absolute atomic E-state index is 0.510. The Kier molecular flexibility index (Phi) is 1.31. The maximum atomic E-state index is 5.11. The topological polar surface area (TPSA) is 19.0 Å². The van der Waals surface area contributed by atoms with Crippen LogP contribution in [0.1, 0.15) is 0 Å². The van der Waals surface area contributed by atoms with E-state index in [1.807, 2.05) is 0 Å². The van der Waals surface area contributed by atoms with Crippen molar-refractivity contribution in [1.29, 1.82) is 0 Å². The van der Waals surface area contributed by atoms with Gasteiger partial charge in [-0.3, -0.25) is 0 Å². The molecular formula is C7H12N2O. The van der Waals surface area contributed by atoms with E-state index in [1.165, 1.54) is 0 Å². The third-order valence-electron chi connectivity index (χ3n) is 1.78. The summed E-state index contributed by atoms with van der Waals surface area (Å²) in [5.74, 6) is 0. The van der Waals surface area contributed by atoms with E-state index in [2.05, 4.69) is 29.2 Å². The molecule has 2 aliphatic heterocycles. The fraction of sp³-hybridized carbons (Fsp3) is 0.714. The van der Waals surface area contributed by atoms with Crippen LogP contribution in [0.4, 0.5) is 0 Å². The standard InChI is InChI=1S/C7H12N2O/c1-8-2-3-9(6-8)4-7-5-10-7/h2-3,7H,4-6H2,1H3. The van der Waals surface area contributed by atoms with E-state index in [-0.39, 0.29) is 0 Å². The van der Waals surface area contributed by atoms with Crippen molar-refractivity contribution in [2.45, 2.75) is 6.10 Å². The Balaban J connectivity index is 1.78. The van der Waals surface area contributed by atoms with Crippen LogP contribution in [-0.2, 0) is 4.74 Å². The molecule has 0 aromatic carbocycles. The summed E-state index contributed by atoms with van der Waals surface area (Å²) in [5.41, 5.74) is 0. The van der Waals surface area contributed by atoms with Crippen molar-refractivity contribution >= 4 is 0 Å². The Morgan fingerprint density at radius 1 is 1.60 bits per heavy atom. The van der Waals surface area contributed by atoms with E-state index in [9.17, 15) is 0 Å². The minimum Gasteiger partial charge on any atom is -0.371 e. The number of hydrogen-bond donors (Lipinski definition) is 0. The summed E-state index contributed by atoms with van der Waals surface area (Å²) >= 11 is 0. The van der Waals surface area contributed by atoms with Gasteiger partial charge in [-0.15, -0.1) is 0 Å². The zero-order chi connectivity index (χ0) is 6.97. The molecule has 0 bridgehead atoms. The summed E-state index contributed by atoms with van der Waals surface area (Å²) in [4.78, 5) is 4.42. The summed E-state index contributed by atoms with van der Waals surface area (Å²) < 4.78 is 5.11. The van der Waals surface area contributed by atoms with Crippen molar-refractivity contribution in [3.8, 4) is 0 Å². The van der Waals surface area contributed by atoms with Gasteiger partial charge in [-0.25, -0.2) is 0 Å². The van der Waals surface area contributed by atoms with Gasteiger partial charge in [0.1, 0.15) is 0 Å². The Bertz CT molecular complexity index is 154. The van der Waals surface area contributed by atoms with Crippen LogP contribution in [0.5, 0.6) is 0 Å². The first-order valence-corrected chi connectivity index (χ1v) is 3.59. The number of ether oxygens (including phenoxy) is 1. The van der Waals surface area contributed by atoms with Crippen LogP contribution in [0, 0.1) is 0 Å². The van der Waals surface area contributed by atoms with E-state index in [0.29, 0.717) is 6.10 Å². The predicted octanol–water partition coefficient (Wildman–Crippen LogP) is 0.0613. The lowest BCUT2D eigenvalue weighted by molar-refractivity contribution is 0.266. The van der Waals surface area contributed by atoms with E-state index >= 15 is 0 Å². The van der Waals surface area contributed by atoms with Crippen LogP contribution in [0.25, 0.3) is 0 Å². The van der Waals surface area contributed by atoms with Crippen molar-refractivity contribution in [3.05, 3.63) is 12.4 Å². The van der Waals surface area contributed by atoms with Gasteiger partial charge in [0.2, 0.25) is 0 Å². The van der Waals surface area contributed by atoms with Gasteiger partial charge in [0.05, 0.1) is 19.4 Å². The van der Waals surface area contributed by atoms with Crippen LogP contribution in [0.2, 0.25) is 0 Å². The van der Waals surface area contributed by atoms with Crippen LogP contribution >= 0.6 is 0 Å². The van der Waals surface area contributed by atoms with Gasteiger partial charge in [0.25, 0.3) is 0 Å². The van der Waals surface area contributed by atoms with Gasteiger partial charge in [-0.05, 0) is 0 Å². The second kappa shape index (κ2) is 2.16. The van der Waals surface area contributed by atoms with Gasteiger partial charge in [0.15, 0.2) is 0 Å². The van der Waals surface area contributed by atoms with Gasteiger partial charge in [0, 0.05) is 26.0 Å². The number of rotatable bonds is 2. The molecule has 0 saturated carbocycles. The summed E-state index contributed by atoms with van der Waals surface area (Å²) in [6.45, 7) is 3.02. The number of hydrogen-bond acceptors (Lipinski definition) is 3. The summed E-state index contributed by atoms with van der Waals surface area (Å²) in [6.07, 6.45) is 4.71. The van der Waals surface area contributed by atoms with Crippen LogP contribution in [0.3, 0.4) is 0 Å². The molecular weight excluding hydrogens is 128 g/mol. The molecule has 56 valence electrons. The molecule has 3 nitrogen and oxygen atoms in total. The third-order valence-corrected chi connectivity index (χ3v) is 1.78. The molecule has 0 spiro atoms. The van der Waals surface area contributed by atoms with E-state index in [0.717, 1.165) is 19.8 Å². The first-order chi connectivity index (χ1) is 4.84. The van der Waals surface area contributed by atoms with Gasteiger partial charge < -0.3 is 14.5 Å². The van der Waals surface area contributed by atoms with Crippen LogP contribution in [-0.4, -0.2) is 42.8 Å². The van der Waals surface area contributed by atoms with Gasteiger partial charge in [-0.2, -0.15) is 0 Å². The lowest BCUT2D eigenvalue weighted by Gasteiger charge is -2.16. The first kappa shape index (κ1) is 6.04. The molecule has 2 heterocycles. The highest BCUT2D eigenvalue weighted by atomic mass is 16.6. The molecule has 1 fully saturated rings. The lowest BCUT2D eigenvalue weighted by Crippen LogP contribution is -2.25. The molecule has 0 aliphatic carbocycles. The molecule has 2 aliphatic rings. The maximum Gasteiger partial charge on any atom is 0.0984 e. The van der Waals surface area contributed by atoms with Crippen molar-refractivity contribution in [1.82, 2.24) is 9.80 Å². The van der Waals surface area contributed by atoms with Crippen molar-refractivity contribution in [3.63, 3.8) is 0 Å². The molecule has 1 unspecified atom stereocenters. The molecule has 2 rings (SSSR count). The fourth-order valence-corrected chi connectivity index (χ4v) is 1.14. The van der Waals surface area contributed by atoms with E-state index in [4.69, 9.17) is 4.74 Å². The highest BCUT2D eigenvalue weighted by Gasteiger charge is 2.25. The fourth-order valence-electron chi connectivity index (χ4n) is 1.14. The van der Waals surface area contributed by atoms with E-state index < -0.39 is 0 Å². The van der Waals surface area contributed by atoms with E-state index in [1.54, 1.807) is 0 Å². The van der Waals surface area contributed by atoms with Crippen molar-refractivity contribution in [2.24, 2.45) is 0 Å². The van der Waals surface area contributed by atoms with Crippen molar-refractivity contribution < 1.29 is 4.74 Å². The normalized spacial score (nSPS) is 29.9. The largest absolute Gasteiger partial charge is 0.371 e. The van der Waals surface area contributed by atoms with Gasteiger partial charge in [-0.1, -0.05) is 0 Å². The molecule has 1 atom stereocenters. The number of nitrogens with zero attached hydrogens (tertiary/aromatic N) is 2. The van der Waals surface area contributed by atoms with Crippen LogP contribution < -0.4 is 0 Å². The molecule has 0 N–H and O–H groups in total. The Labute approximate surface area is 60.9 Å². The molecule has 10 heavy (non-hydrogen) atoms. The highest BCUT2D eigenvalue weighted by molar-refractivity contribution is 4.91. The predicted molar refractivity (Wildman–Crippen MR) is 38.2 cm³/mol. The van der Waals surface area contributed by atoms with Crippen molar-refractivity contribution in [2.75, 3.05) is 26.9 Å². The first-order valence-electron chi connectivity index (χ1n) is 3.59. The Morgan fingerprint density at radius 3 is 2.90 bits per heavy atom. The second-order valence-electron chi connectivity index (χ2n) is 2.92. The van der Waals surface area contributed by atoms with Crippen LogP contribution in [0.15, 0.2) is 12.4 Å². The third kappa shape index (κ3) is 1.24. The smallest absolute Gasteiger partial charge is 0.0984 e. The summed E-state index contributed by atoms with van der Waals surface area (Å²) in [7, 11) is 2.07. The average Bonchev–Trinajstić information content (AvgIpc) is 2.59. The molecule has 0 radical (unpaired) electrons. The monoisotopic (exact) mass is 140 g/mol. The SMILES string of the molecule is CN1C=CN(CC2CO2)C1. The Morgan fingerprint density at radius 2 is 2.40 bits per heavy atom. The molecule has 0 amide bonds. The lowest BCUT2D eigenvalue weighted by atomic mass is 10.4. The Hall–Kier alpha value is -0.700. The zero-order valence-corrected chi connectivity index (χ0v) is 6.16. The molecule has 0 aromatic rings. The molecule has 1 saturated heterocycles. The molecule has 3 heteroatoms. The molecule has 0 aromatic heterocycles. The average molecular weight is 140 g/mol. The minimum atomic E-state index is 0.510. The zero-order valence-electron chi connectivity index (χ0n) is 6.16. The summed E-state index contributed by atoms with van der Waals surface area (Å²) in [6, 6.07) is 0. The van der Waals surface area contributed by atoms with Gasteiger partial charge >= 0.3 is 0 Å². The second-order valence-corrected chi connectivity index (χ2v) is 2.92. The quantitative estimate of drug-likeness (QED) is 0.505. The highest BCUT2D eigenvalue weighted by Crippen LogP contribution is 2.13. The summed E-state index contributed by atoms with van der Waals surface area (Å²) in [5, 5.41) is 0.